The SMILES string of the molecule is CSSCC(C)(C)S. The van der Waals surface area contributed by atoms with Crippen LogP contribution in [0.3, 0.4) is 0 Å². The van der Waals surface area contributed by atoms with Gasteiger partial charge in [-0.1, -0.05) is 35.4 Å². The average molecular weight is 168 g/mol. The van der Waals surface area contributed by atoms with Crippen molar-refractivity contribution in [3.63, 3.8) is 0 Å². The second-order valence-electron chi connectivity index (χ2n) is 2.24. The minimum Gasteiger partial charge on any atom is -0.172 e. The molecule has 0 bridgehead atoms. The number of rotatable bonds is 3. The van der Waals surface area contributed by atoms with Crippen LogP contribution < -0.4 is 0 Å². The van der Waals surface area contributed by atoms with Gasteiger partial charge < -0.3 is 0 Å². The number of hydrogen-bond acceptors (Lipinski definition) is 3. The Morgan fingerprint density at radius 2 is 2.00 bits per heavy atom. The molecule has 0 N–H and O–H groups in total. The maximum atomic E-state index is 4.35. The largest absolute Gasteiger partial charge is 0.172 e. The van der Waals surface area contributed by atoms with Crippen molar-refractivity contribution >= 4 is 34.2 Å². The third kappa shape index (κ3) is 7.05. The average Bonchev–Trinajstić information content (AvgIpc) is 1.59. The van der Waals surface area contributed by atoms with E-state index in [1.807, 2.05) is 10.8 Å². The standard InChI is InChI=1S/C5H12S3/c1-5(2,6)4-8-7-3/h6H,4H2,1-3H3. The molecule has 0 amide bonds. The van der Waals surface area contributed by atoms with Crippen molar-refractivity contribution in [2.45, 2.75) is 18.6 Å². The Bertz CT molecular complexity index is 55.2. The third-order valence-corrected chi connectivity index (χ3v) is 3.04. The van der Waals surface area contributed by atoms with Crippen molar-refractivity contribution in [1.29, 1.82) is 0 Å². The Hall–Kier alpha value is 1.05. The summed E-state index contributed by atoms with van der Waals surface area (Å²) >= 11 is 4.35. The Kier molecular flexibility index (Phi) is 4.48. The van der Waals surface area contributed by atoms with Gasteiger partial charge in [0.25, 0.3) is 0 Å². The lowest BCUT2D eigenvalue weighted by Crippen LogP contribution is -2.12. The predicted molar refractivity (Wildman–Crippen MR) is 49.0 cm³/mol. The van der Waals surface area contributed by atoms with E-state index in [0.717, 1.165) is 5.75 Å². The molecule has 0 fully saturated rings. The molecule has 0 aliphatic heterocycles. The van der Waals surface area contributed by atoms with Crippen LogP contribution in [0.4, 0.5) is 0 Å². The van der Waals surface area contributed by atoms with Crippen molar-refractivity contribution in [3.8, 4) is 0 Å². The topological polar surface area (TPSA) is 0 Å². The first-order chi connectivity index (χ1) is 3.56. The Balaban J connectivity index is 3.11. The number of hydrogen-bond donors (Lipinski definition) is 1. The van der Waals surface area contributed by atoms with E-state index in [4.69, 9.17) is 0 Å². The smallest absolute Gasteiger partial charge is 0.0177 e. The third-order valence-electron chi connectivity index (χ3n) is 0.530. The Morgan fingerprint density at radius 3 is 2.12 bits per heavy atom. The molecule has 0 rings (SSSR count). The van der Waals surface area contributed by atoms with Crippen molar-refractivity contribution in [3.05, 3.63) is 0 Å². The minimum atomic E-state index is 0.188. The molecule has 0 saturated carbocycles. The Labute approximate surface area is 65.0 Å². The van der Waals surface area contributed by atoms with Crippen LogP contribution in [0, 0.1) is 0 Å². The molecule has 0 radical (unpaired) electrons. The van der Waals surface area contributed by atoms with Crippen LogP contribution >= 0.6 is 34.2 Å². The van der Waals surface area contributed by atoms with Gasteiger partial charge >= 0.3 is 0 Å². The van der Waals surface area contributed by atoms with Crippen LogP contribution in [-0.4, -0.2) is 16.8 Å². The summed E-state index contributed by atoms with van der Waals surface area (Å²) < 4.78 is 0.188. The van der Waals surface area contributed by atoms with E-state index >= 15 is 0 Å². The van der Waals surface area contributed by atoms with Crippen molar-refractivity contribution in [2.24, 2.45) is 0 Å². The highest BCUT2D eigenvalue weighted by Gasteiger charge is 2.09. The van der Waals surface area contributed by atoms with E-state index in [1.54, 1.807) is 10.8 Å². The van der Waals surface area contributed by atoms with E-state index in [0.29, 0.717) is 0 Å². The van der Waals surface area contributed by atoms with Gasteiger partial charge in [-0.2, -0.15) is 12.6 Å². The summed E-state index contributed by atoms with van der Waals surface area (Å²) in [6.07, 6.45) is 2.09. The zero-order valence-corrected chi connectivity index (χ0v) is 8.00. The second-order valence-corrected chi connectivity index (χ2v) is 6.02. The molecule has 0 heterocycles. The summed E-state index contributed by atoms with van der Waals surface area (Å²) in [5.74, 6) is 1.11. The molecule has 0 saturated heterocycles. The van der Waals surface area contributed by atoms with Crippen LogP contribution in [0.1, 0.15) is 13.8 Å². The van der Waals surface area contributed by atoms with Gasteiger partial charge in [0.2, 0.25) is 0 Å². The van der Waals surface area contributed by atoms with Gasteiger partial charge in [-0.3, -0.25) is 0 Å². The lowest BCUT2D eigenvalue weighted by Gasteiger charge is -2.14. The molecule has 0 aromatic rings. The molecule has 3 heteroatoms. The van der Waals surface area contributed by atoms with Gasteiger partial charge in [0.1, 0.15) is 0 Å². The molecule has 0 spiro atoms. The van der Waals surface area contributed by atoms with Crippen molar-refractivity contribution in [2.75, 3.05) is 12.0 Å². The summed E-state index contributed by atoms with van der Waals surface area (Å²) in [5.41, 5.74) is 0. The number of thiol groups is 1. The molecule has 0 aromatic heterocycles. The monoisotopic (exact) mass is 168 g/mol. The summed E-state index contributed by atoms with van der Waals surface area (Å²) in [5, 5.41) is 0. The molecule has 0 aliphatic rings. The molecular weight excluding hydrogens is 156 g/mol. The van der Waals surface area contributed by atoms with E-state index in [-0.39, 0.29) is 4.75 Å². The zero-order valence-electron chi connectivity index (χ0n) is 5.47. The highest BCUT2D eigenvalue weighted by molar-refractivity contribution is 8.76. The summed E-state index contributed by atoms with van der Waals surface area (Å²) in [4.78, 5) is 0. The maximum Gasteiger partial charge on any atom is 0.0177 e. The van der Waals surface area contributed by atoms with Crippen LogP contribution in [0.2, 0.25) is 0 Å². The van der Waals surface area contributed by atoms with Crippen LogP contribution in [0.15, 0.2) is 0 Å². The lowest BCUT2D eigenvalue weighted by molar-refractivity contribution is 0.828. The fraction of sp³-hybridized carbons (Fsp3) is 1.00. The van der Waals surface area contributed by atoms with E-state index < -0.39 is 0 Å². The first-order valence-corrected chi connectivity index (χ1v) is 5.62. The van der Waals surface area contributed by atoms with E-state index in [9.17, 15) is 0 Å². The predicted octanol–water partition coefficient (Wildman–Crippen LogP) is 2.71. The lowest BCUT2D eigenvalue weighted by atomic mass is 10.2. The molecule has 0 atom stereocenters. The van der Waals surface area contributed by atoms with Crippen LogP contribution in [0.25, 0.3) is 0 Å². The molecule has 50 valence electrons. The zero-order chi connectivity index (χ0) is 6.62. The van der Waals surface area contributed by atoms with Crippen LogP contribution in [-0.2, 0) is 0 Å². The van der Waals surface area contributed by atoms with Gasteiger partial charge in [0.05, 0.1) is 0 Å². The molecule has 0 aliphatic carbocycles. The molecular formula is C5H12S3. The molecule has 0 unspecified atom stereocenters. The summed E-state index contributed by atoms with van der Waals surface area (Å²) in [6, 6.07) is 0. The van der Waals surface area contributed by atoms with Gasteiger partial charge in [0, 0.05) is 10.5 Å². The molecule has 8 heavy (non-hydrogen) atoms. The quantitative estimate of drug-likeness (QED) is 0.508. The van der Waals surface area contributed by atoms with E-state index in [2.05, 4.69) is 32.7 Å². The minimum absolute atomic E-state index is 0.188. The summed E-state index contributed by atoms with van der Waals surface area (Å²) in [6.45, 7) is 4.25. The van der Waals surface area contributed by atoms with Gasteiger partial charge in [-0.25, -0.2) is 0 Å². The van der Waals surface area contributed by atoms with Crippen molar-refractivity contribution < 1.29 is 0 Å². The van der Waals surface area contributed by atoms with Crippen molar-refractivity contribution in [1.82, 2.24) is 0 Å². The van der Waals surface area contributed by atoms with E-state index in [1.165, 1.54) is 0 Å². The normalized spacial score (nSPS) is 12.0. The van der Waals surface area contributed by atoms with Crippen LogP contribution in [0.5, 0.6) is 0 Å². The highest BCUT2D eigenvalue weighted by Crippen LogP contribution is 2.25. The van der Waals surface area contributed by atoms with Gasteiger partial charge in [-0.05, 0) is 6.26 Å². The fourth-order valence-corrected chi connectivity index (χ4v) is 2.30. The fourth-order valence-electron chi connectivity index (χ4n) is 0.203. The highest BCUT2D eigenvalue weighted by atomic mass is 33.1. The summed E-state index contributed by atoms with van der Waals surface area (Å²) in [7, 11) is 3.65. The first kappa shape index (κ1) is 9.05. The maximum absolute atomic E-state index is 4.35. The second kappa shape index (κ2) is 3.96. The van der Waals surface area contributed by atoms with Gasteiger partial charge in [-0.15, -0.1) is 0 Å². The van der Waals surface area contributed by atoms with Gasteiger partial charge in [0.15, 0.2) is 0 Å². The first-order valence-electron chi connectivity index (χ1n) is 2.44. The molecule has 0 aromatic carbocycles. The molecule has 0 nitrogen and oxygen atoms in total. The Morgan fingerprint density at radius 1 is 1.50 bits per heavy atom.